The van der Waals surface area contributed by atoms with Crippen LogP contribution in [0.1, 0.15) is 0 Å². The lowest BCUT2D eigenvalue weighted by Gasteiger charge is -2.13. The fourth-order valence-corrected chi connectivity index (χ4v) is 3.60. The lowest BCUT2D eigenvalue weighted by molar-refractivity contribution is 0.480. The Balaban J connectivity index is 2.13. The molecule has 0 saturated carbocycles. The molecule has 1 aromatic heterocycles. The van der Waals surface area contributed by atoms with Gasteiger partial charge in [0.05, 0.1) is 15.1 Å². The van der Waals surface area contributed by atoms with Gasteiger partial charge in [0.25, 0.3) is 0 Å². The Morgan fingerprint density at radius 1 is 1.05 bits per heavy atom. The molecule has 106 valence electrons. The van der Waals surface area contributed by atoms with Crippen molar-refractivity contribution in [2.24, 2.45) is 0 Å². The van der Waals surface area contributed by atoms with Crippen molar-refractivity contribution >= 4 is 59.9 Å². The van der Waals surface area contributed by atoms with Gasteiger partial charge in [0, 0.05) is 16.5 Å². The molecule has 0 amide bonds. The van der Waals surface area contributed by atoms with Crippen LogP contribution in [0.5, 0.6) is 11.5 Å². The lowest BCUT2D eigenvalue weighted by atomic mass is 10.1. The fraction of sp³-hybridized carbons (Fsp3) is 0. The molecule has 3 aromatic rings. The van der Waals surface area contributed by atoms with Crippen molar-refractivity contribution in [3.05, 3.63) is 56.7 Å². The monoisotopic (exact) mass is 426 g/mol. The van der Waals surface area contributed by atoms with E-state index in [2.05, 4.69) is 36.8 Å². The van der Waals surface area contributed by atoms with E-state index in [4.69, 9.17) is 22.1 Å². The van der Waals surface area contributed by atoms with E-state index < -0.39 is 0 Å². The van der Waals surface area contributed by atoms with E-state index in [1.165, 1.54) is 0 Å². The third-order valence-electron chi connectivity index (χ3n) is 2.94. The maximum atomic E-state index is 6.11. The van der Waals surface area contributed by atoms with E-state index in [1.807, 2.05) is 24.3 Å². The van der Waals surface area contributed by atoms with Crippen LogP contribution in [-0.2, 0) is 0 Å². The summed E-state index contributed by atoms with van der Waals surface area (Å²) in [6.07, 6.45) is 1.61. The molecule has 0 atom stereocenters. The number of nitrogens with two attached hydrogens (primary N) is 1. The number of rotatable bonds is 2. The SMILES string of the molecule is Nc1cc(Br)c(Oc2cnc(Cl)c3ccccc23)c(Br)c1. The molecule has 1 heterocycles. The maximum absolute atomic E-state index is 6.11. The van der Waals surface area contributed by atoms with Crippen molar-refractivity contribution in [3.8, 4) is 11.5 Å². The van der Waals surface area contributed by atoms with Gasteiger partial charge in [0.15, 0.2) is 11.5 Å². The number of fused-ring (bicyclic) bond motifs is 1. The van der Waals surface area contributed by atoms with Gasteiger partial charge in [0.1, 0.15) is 5.15 Å². The molecule has 0 aliphatic heterocycles. The van der Waals surface area contributed by atoms with E-state index in [9.17, 15) is 0 Å². The Morgan fingerprint density at radius 3 is 2.33 bits per heavy atom. The summed E-state index contributed by atoms with van der Waals surface area (Å²) in [7, 11) is 0. The molecule has 0 aliphatic carbocycles. The lowest BCUT2D eigenvalue weighted by Crippen LogP contribution is -1.92. The summed E-state index contributed by atoms with van der Waals surface area (Å²) in [6, 6.07) is 11.3. The molecular formula is C15H9Br2ClN2O. The van der Waals surface area contributed by atoms with Crippen molar-refractivity contribution in [1.82, 2.24) is 4.98 Å². The number of nitrogen functional groups attached to an aromatic ring is 1. The van der Waals surface area contributed by atoms with Crippen LogP contribution in [0.25, 0.3) is 10.8 Å². The van der Waals surface area contributed by atoms with E-state index >= 15 is 0 Å². The van der Waals surface area contributed by atoms with Crippen LogP contribution < -0.4 is 10.5 Å². The normalized spacial score (nSPS) is 10.8. The van der Waals surface area contributed by atoms with Crippen molar-refractivity contribution < 1.29 is 4.74 Å². The maximum Gasteiger partial charge on any atom is 0.156 e. The zero-order valence-electron chi connectivity index (χ0n) is 10.6. The highest BCUT2D eigenvalue weighted by molar-refractivity contribution is 9.11. The largest absolute Gasteiger partial charge is 0.453 e. The van der Waals surface area contributed by atoms with Gasteiger partial charge in [-0.05, 0) is 44.0 Å². The molecule has 0 bridgehead atoms. The predicted octanol–water partition coefficient (Wildman–Crippen LogP) is 5.79. The number of pyridine rings is 1. The number of nitrogens with zero attached hydrogens (tertiary/aromatic N) is 1. The van der Waals surface area contributed by atoms with Crippen molar-refractivity contribution in [2.45, 2.75) is 0 Å². The third kappa shape index (κ3) is 2.86. The zero-order valence-corrected chi connectivity index (χ0v) is 14.5. The van der Waals surface area contributed by atoms with E-state index in [0.29, 0.717) is 22.3 Å². The van der Waals surface area contributed by atoms with Gasteiger partial charge in [-0.3, -0.25) is 0 Å². The molecule has 21 heavy (non-hydrogen) atoms. The van der Waals surface area contributed by atoms with E-state index in [1.54, 1.807) is 18.3 Å². The Kier molecular flexibility index (Phi) is 4.06. The number of benzene rings is 2. The minimum absolute atomic E-state index is 0.452. The first-order valence-electron chi connectivity index (χ1n) is 6.02. The molecule has 0 spiro atoms. The highest BCUT2D eigenvalue weighted by Gasteiger charge is 2.12. The molecule has 6 heteroatoms. The Bertz CT molecular complexity index is 816. The molecule has 3 rings (SSSR count). The summed E-state index contributed by atoms with van der Waals surface area (Å²) in [4.78, 5) is 4.17. The van der Waals surface area contributed by atoms with Crippen LogP contribution in [0.3, 0.4) is 0 Å². The molecule has 2 N–H and O–H groups in total. The standard InChI is InChI=1S/C15H9Br2ClN2O/c16-11-5-8(19)6-12(17)14(11)21-13-7-20-15(18)10-4-2-1-3-9(10)13/h1-7H,19H2. The summed E-state index contributed by atoms with van der Waals surface area (Å²) in [6.45, 7) is 0. The van der Waals surface area contributed by atoms with Gasteiger partial charge in [-0.2, -0.15) is 0 Å². The smallest absolute Gasteiger partial charge is 0.156 e. The van der Waals surface area contributed by atoms with Crippen molar-refractivity contribution in [1.29, 1.82) is 0 Å². The first-order valence-corrected chi connectivity index (χ1v) is 7.98. The number of aromatic nitrogens is 1. The van der Waals surface area contributed by atoms with Gasteiger partial charge < -0.3 is 10.5 Å². The topological polar surface area (TPSA) is 48.1 Å². The third-order valence-corrected chi connectivity index (χ3v) is 4.42. The quantitative estimate of drug-likeness (QED) is 0.415. The Morgan fingerprint density at radius 2 is 1.67 bits per heavy atom. The van der Waals surface area contributed by atoms with Crippen LogP contribution in [0.15, 0.2) is 51.5 Å². The highest BCUT2D eigenvalue weighted by atomic mass is 79.9. The highest BCUT2D eigenvalue weighted by Crippen LogP contribution is 2.40. The number of ether oxygens (including phenoxy) is 1. The number of halogens is 3. The average molecular weight is 429 g/mol. The van der Waals surface area contributed by atoms with Crippen LogP contribution >= 0.6 is 43.5 Å². The van der Waals surface area contributed by atoms with Gasteiger partial charge in [-0.1, -0.05) is 35.9 Å². The molecule has 0 radical (unpaired) electrons. The van der Waals surface area contributed by atoms with Crippen molar-refractivity contribution in [3.63, 3.8) is 0 Å². The van der Waals surface area contributed by atoms with Crippen LogP contribution in [0.2, 0.25) is 5.15 Å². The van der Waals surface area contributed by atoms with Gasteiger partial charge >= 0.3 is 0 Å². The number of hydrogen-bond acceptors (Lipinski definition) is 3. The van der Waals surface area contributed by atoms with Gasteiger partial charge in [0.2, 0.25) is 0 Å². The fourth-order valence-electron chi connectivity index (χ4n) is 2.00. The minimum atomic E-state index is 0.452. The van der Waals surface area contributed by atoms with Crippen LogP contribution in [0.4, 0.5) is 5.69 Å². The summed E-state index contributed by atoms with van der Waals surface area (Å²) >= 11 is 13.0. The summed E-state index contributed by atoms with van der Waals surface area (Å²) < 4.78 is 7.51. The molecule has 0 fully saturated rings. The first-order chi connectivity index (χ1) is 10.1. The number of anilines is 1. The molecule has 0 saturated heterocycles. The predicted molar refractivity (Wildman–Crippen MR) is 93.1 cm³/mol. The second-order valence-corrected chi connectivity index (χ2v) is 6.44. The van der Waals surface area contributed by atoms with Gasteiger partial charge in [-0.15, -0.1) is 0 Å². The summed E-state index contributed by atoms with van der Waals surface area (Å²) in [5.41, 5.74) is 6.43. The van der Waals surface area contributed by atoms with Crippen LogP contribution in [-0.4, -0.2) is 4.98 Å². The Hall–Kier alpha value is -1.30. The number of hydrogen-bond donors (Lipinski definition) is 1. The molecule has 0 unspecified atom stereocenters. The minimum Gasteiger partial charge on any atom is -0.453 e. The van der Waals surface area contributed by atoms with E-state index in [-0.39, 0.29) is 0 Å². The van der Waals surface area contributed by atoms with Crippen molar-refractivity contribution in [2.75, 3.05) is 5.73 Å². The second kappa shape index (κ2) is 5.83. The molecule has 2 aromatic carbocycles. The second-order valence-electron chi connectivity index (χ2n) is 4.37. The van der Waals surface area contributed by atoms with E-state index in [0.717, 1.165) is 19.7 Å². The first kappa shape index (κ1) is 14.6. The zero-order chi connectivity index (χ0) is 15.0. The molecule has 0 aliphatic rings. The summed E-state index contributed by atoms with van der Waals surface area (Å²) in [5.74, 6) is 1.26. The Labute approximate surface area is 143 Å². The summed E-state index contributed by atoms with van der Waals surface area (Å²) in [5, 5.41) is 2.20. The molecular weight excluding hydrogens is 419 g/mol. The van der Waals surface area contributed by atoms with Gasteiger partial charge in [-0.25, -0.2) is 4.98 Å². The average Bonchev–Trinajstić information content (AvgIpc) is 2.45. The molecule has 3 nitrogen and oxygen atoms in total. The van der Waals surface area contributed by atoms with Crippen LogP contribution in [0, 0.1) is 0 Å².